The molecule has 0 atom stereocenters. The molecule has 32 valence electrons. The molecule has 0 unspecified atom stereocenters. The summed E-state index contributed by atoms with van der Waals surface area (Å²) in [6, 6.07) is 0. The zero-order chi connectivity index (χ0) is 3.58. The first kappa shape index (κ1) is 16.0. The van der Waals surface area contributed by atoms with Crippen molar-refractivity contribution in [1.29, 1.82) is 0 Å². The summed E-state index contributed by atoms with van der Waals surface area (Å²) in [6.07, 6.45) is -2.33. The standard InChI is InChI=1S/CH2O3.CH4.Ca/c2-1(3)4;;/h(H2,2,3,4);1H4;/q;;+2/p-2. The molecule has 0 aliphatic carbocycles. The van der Waals surface area contributed by atoms with E-state index < -0.39 is 6.16 Å². The van der Waals surface area contributed by atoms with Gasteiger partial charge in [0.25, 0.3) is 0 Å². The molecule has 0 spiro atoms. The zero-order valence-corrected chi connectivity index (χ0v) is 4.64. The van der Waals surface area contributed by atoms with Crippen LogP contribution in [-0.4, -0.2) is 43.9 Å². The van der Waals surface area contributed by atoms with Crippen LogP contribution >= 0.6 is 0 Å². The molecule has 0 fully saturated rings. The van der Waals surface area contributed by atoms with Gasteiger partial charge in [-0.25, -0.2) is 0 Å². The largest absolute Gasteiger partial charge is 2.00 e. The fourth-order valence-electron chi connectivity index (χ4n) is 0. The Morgan fingerprint density at radius 1 is 1.33 bits per heavy atom. The molecular weight excluding hydrogens is 112 g/mol. The van der Waals surface area contributed by atoms with E-state index in [4.69, 9.17) is 15.0 Å². The molecule has 0 amide bonds. The molecule has 0 radical (unpaired) electrons. The minimum atomic E-state index is -2.33. The minimum Gasteiger partial charge on any atom is -0.652 e. The maximum absolute atomic E-state index is 8.33. The molecule has 3 nitrogen and oxygen atoms in total. The van der Waals surface area contributed by atoms with Gasteiger partial charge in [0, 0.05) is 0 Å². The Labute approximate surface area is 66.0 Å². The van der Waals surface area contributed by atoms with Crippen molar-refractivity contribution in [2.75, 3.05) is 0 Å². The molecule has 0 aliphatic rings. The number of carbonyl (C=O) groups is 1. The minimum absolute atomic E-state index is 0. The molecule has 0 aliphatic heterocycles. The van der Waals surface area contributed by atoms with Gasteiger partial charge in [-0.2, -0.15) is 0 Å². The third kappa shape index (κ3) is 201. The molecule has 0 heterocycles. The average Bonchev–Trinajstić information content (AvgIpc) is 0.811. The summed E-state index contributed by atoms with van der Waals surface area (Å²) in [4.78, 5) is 8.33. The van der Waals surface area contributed by atoms with Crippen molar-refractivity contribution in [3.63, 3.8) is 0 Å². The van der Waals surface area contributed by atoms with Gasteiger partial charge in [0.1, 0.15) is 0 Å². The van der Waals surface area contributed by atoms with E-state index in [1.165, 1.54) is 0 Å². The Bertz CT molecular complexity index is 31.8. The Morgan fingerprint density at radius 2 is 1.33 bits per heavy atom. The first-order valence-electron chi connectivity index (χ1n) is 0.612. The summed E-state index contributed by atoms with van der Waals surface area (Å²) in [5.41, 5.74) is 0. The maximum Gasteiger partial charge on any atom is 2.00 e. The van der Waals surface area contributed by atoms with E-state index >= 15 is 0 Å². The number of carboxylic acid groups (broad SMARTS) is 2. The van der Waals surface area contributed by atoms with Gasteiger partial charge in [0.2, 0.25) is 0 Å². The van der Waals surface area contributed by atoms with Crippen molar-refractivity contribution >= 4 is 43.9 Å². The van der Waals surface area contributed by atoms with E-state index in [0.717, 1.165) is 0 Å². The molecule has 0 aromatic carbocycles. The van der Waals surface area contributed by atoms with Crippen molar-refractivity contribution in [2.24, 2.45) is 0 Å². The van der Waals surface area contributed by atoms with Crippen LogP contribution in [0.1, 0.15) is 7.43 Å². The van der Waals surface area contributed by atoms with E-state index in [0.29, 0.717) is 0 Å². The first-order chi connectivity index (χ1) is 1.73. The molecule has 0 N–H and O–H groups in total. The van der Waals surface area contributed by atoms with Gasteiger partial charge in [0.05, 0.1) is 0 Å². The van der Waals surface area contributed by atoms with Gasteiger partial charge in [-0.05, 0) is 6.16 Å². The topological polar surface area (TPSA) is 63.2 Å². The molecule has 0 saturated heterocycles. The number of carbonyl (C=O) groups excluding carboxylic acids is 1. The number of hydrogen-bond donors (Lipinski definition) is 0. The van der Waals surface area contributed by atoms with E-state index in [-0.39, 0.29) is 45.2 Å². The second-order valence-electron chi connectivity index (χ2n) is 0.250. The van der Waals surface area contributed by atoms with Gasteiger partial charge in [-0.3, -0.25) is 0 Å². The monoisotopic (exact) mass is 116 g/mol. The van der Waals surface area contributed by atoms with Crippen LogP contribution < -0.4 is 10.2 Å². The van der Waals surface area contributed by atoms with Gasteiger partial charge < -0.3 is 15.0 Å². The van der Waals surface area contributed by atoms with Crippen LogP contribution in [0.5, 0.6) is 0 Å². The van der Waals surface area contributed by atoms with Crippen molar-refractivity contribution in [3.8, 4) is 0 Å². The molecule has 4 heteroatoms. The normalized spacial score (nSPS) is 4.00. The van der Waals surface area contributed by atoms with E-state index in [1.807, 2.05) is 0 Å². The Morgan fingerprint density at radius 3 is 1.33 bits per heavy atom. The van der Waals surface area contributed by atoms with E-state index in [1.54, 1.807) is 0 Å². The van der Waals surface area contributed by atoms with Gasteiger partial charge in [-0.1, -0.05) is 7.43 Å². The van der Waals surface area contributed by atoms with Crippen molar-refractivity contribution in [2.45, 2.75) is 7.43 Å². The molecule has 0 rings (SSSR count). The van der Waals surface area contributed by atoms with Crippen LogP contribution in [0.2, 0.25) is 0 Å². The quantitative estimate of drug-likeness (QED) is 0.338. The van der Waals surface area contributed by atoms with E-state index in [2.05, 4.69) is 0 Å². The fourth-order valence-corrected chi connectivity index (χ4v) is 0. The van der Waals surface area contributed by atoms with Crippen molar-refractivity contribution in [3.05, 3.63) is 0 Å². The smallest absolute Gasteiger partial charge is 0.652 e. The number of hydrogen-bond acceptors (Lipinski definition) is 3. The SMILES string of the molecule is C.O=C([O-])[O-].[Ca+2]. The third-order valence-corrected chi connectivity index (χ3v) is 0. The van der Waals surface area contributed by atoms with Gasteiger partial charge in [-0.15, -0.1) is 0 Å². The van der Waals surface area contributed by atoms with Crippen LogP contribution in [0.4, 0.5) is 4.79 Å². The Hall–Kier alpha value is 0.530. The summed E-state index contributed by atoms with van der Waals surface area (Å²) in [6.45, 7) is 0. The third-order valence-electron chi connectivity index (χ3n) is 0. The zero-order valence-electron chi connectivity index (χ0n) is 2.43. The fraction of sp³-hybridized carbons (Fsp3) is 0.500. The first-order valence-corrected chi connectivity index (χ1v) is 0.612. The predicted molar refractivity (Wildman–Crippen MR) is 17.9 cm³/mol. The van der Waals surface area contributed by atoms with Crippen LogP contribution in [0.25, 0.3) is 0 Å². The maximum atomic E-state index is 8.33. The summed E-state index contributed by atoms with van der Waals surface area (Å²) in [5, 5.41) is 16.7. The molecule has 0 saturated carbocycles. The molecular formula is C2H4CaO3. The van der Waals surface area contributed by atoms with Crippen molar-refractivity contribution < 1.29 is 15.0 Å². The van der Waals surface area contributed by atoms with Crippen LogP contribution in [0, 0.1) is 0 Å². The van der Waals surface area contributed by atoms with Gasteiger partial charge >= 0.3 is 37.7 Å². The van der Waals surface area contributed by atoms with E-state index in [9.17, 15) is 0 Å². The van der Waals surface area contributed by atoms with Crippen LogP contribution in [0.3, 0.4) is 0 Å². The Balaban J connectivity index is -0.0000000450. The van der Waals surface area contributed by atoms with Crippen LogP contribution in [0.15, 0.2) is 0 Å². The number of rotatable bonds is 0. The second-order valence-corrected chi connectivity index (χ2v) is 0.250. The molecule has 0 bridgehead atoms. The predicted octanol–water partition coefficient (Wildman–Crippen LogP) is -2.19. The summed E-state index contributed by atoms with van der Waals surface area (Å²) in [5.74, 6) is 0. The van der Waals surface area contributed by atoms with Gasteiger partial charge in [0.15, 0.2) is 0 Å². The summed E-state index contributed by atoms with van der Waals surface area (Å²) in [7, 11) is 0. The Kier molecular flexibility index (Phi) is 24.3. The van der Waals surface area contributed by atoms with Crippen LogP contribution in [-0.2, 0) is 0 Å². The summed E-state index contributed by atoms with van der Waals surface area (Å²) >= 11 is 0. The second kappa shape index (κ2) is 9.11. The molecule has 0 aromatic heterocycles. The average molecular weight is 116 g/mol. The molecule has 6 heavy (non-hydrogen) atoms. The van der Waals surface area contributed by atoms with Crippen molar-refractivity contribution in [1.82, 2.24) is 0 Å². The molecule has 0 aromatic rings. The summed E-state index contributed by atoms with van der Waals surface area (Å²) < 4.78 is 0.